The Morgan fingerprint density at radius 1 is 1.08 bits per heavy atom. The molecule has 1 aromatic carbocycles. The summed E-state index contributed by atoms with van der Waals surface area (Å²) in [6, 6.07) is 8.09. The molecule has 1 aromatic heterocycles. The van der Waals surface area contributed by atoms with Gasteiger partial charge in [0.05, 0.1) is 10.7 Å². The number of thiocarbonyl (C=S) groups is 1. The van der Waals surface area contributed by atoms with Crippen LogP contribution in [0, 0.1) is 3.57 Å². The van der Waals surface area contributed by atoms with Gasteiger partial charge in [0.1, 0.15) is 5.75 Å². The number of nitrogens with zero attached hydrogens (tertiary/aromatic N) is 1. The minimum atomic E-state index is -0.397. The van der Waals surface area contributed by atoms with Crippen molar-refractivity contribution in [2.45, 2.75) is 0 Å². The van der Waals surface area contributed by atoms with Gasteiger partial charge in [0, 0.05) is 23.5 Å². The number of amides is 2. The van der Waals surface area contributed by atoms with Crippen molar-refractivity contribution in [2.75, 3.05) is 7.11 Å². The van der Waals surface area contributed by atoms with Crippen molar-refractivity contribution in [3.8, 4) is 5.75 Å². The van der Waals surface area contributed by atoms with Gasteiger partial charge in [0.2, 0.25) is 0 Å². The summed E-state index contributed by atoms with van der Waals surface area (Å²) in [5, 5.41) is 2.46. The number of hydrogen-bond acceptors (Lipinski definition) is 5. The van der Waals surface area contributed by atoms with E-state index >= 15 is 0 Å². The Morgan fingerprint density at radius 2 is 1.79 bits per heavy atom. The van der Waals surface area contributed by atoms with Gasteiger partial charge in [-0.1, -0.05) is 0 Å². The number of carbonyl (C=O) groups is 2. The zero-order valence-electron chi connectivity index (χ0n) is 12.5. The number of halogens is 1. The molecule has 0 aliphatic rings. The molecule has 24 heavy (non-hydrogen) atoms. The third kappa shape index (κ3) is 4.86. The summed E-state index contributed by atoms with van der Waals surface area (Å²) < 4.78 is 5.94. The van der Waals surface area contributed by atoms with E-state index in [1.807, 2.05) is 0 Å². The Kier molecular flexibility index (Phi) is 6.44. The molecule has 2 aromatic rings. The van der Waals surface area contributed by atoms with E-state index in [1.165, 1.54) is 12.4 Å². The number of nitrogens with one attached hydrogen (secondary N) is 3. The van der Waals surface area contributed by atoms with E-state index in [1.54, 1.807) is 37.4 Å². The van der Waals surface area contributed by atoms with Crippen molar-refractivity contribution in [3.63, 3.8) is 0 Å². The Labute approximate surface area is 157 Å². The second kappa shape index (κ2) is 8.55. The average Bonchev–Trinajstić information content (AvgIpc) is 2.60. The van der Waals surface area contributed by atoms with Gasteiger partial charge >= 0.3 is 0 Å². The third-order valence-corrected chi connectivity index (χ3v) is 3.92. The van der Waals surface area contributed by atoms with Crippen molar-refractivity contribution in [1.29, 1.82) is 0 Å². The van der Waals surface area contributed by atoms with Gasteiger partial charge < -0.3 is 4.74 Å². The van der Waals surface area contributed by atoms with E-state index in [2.05, 4.69) is 43.7 Å². The molecule has 1 heterocycles. The van der Waals surface area contributed by atoms with Crippen LogP contribution in [0.2, 0.25) is 0 Å². The van der Waals surface area contributed by atoms with Crippen LogP contribution in [0.4, 0.5) is 0 Å². The van der Waals surface area contributed by atoms with Crippen LogP contribution < -0.4 is 20.9 Å². The lowest BCUT2D eigenvalue weighted by molar-refractivity contribution is 0.0934. The largest absolute Gasteiger partial charge is 0.496 e. The standard InChI is InChI=1S/C15H13IN4O3S/c1-23-12-3-2-10(8-11(12)16)13(21)18-15(24)20-19-14(22)9-4-6-17-7-5-9/h2-8H,1H3,(H,19,22)(H2,18,20,21,24). The summed E-state index contributed by atoms with van der Waals surface area (Å²) in [5.41, 5.74) is 5.70. The molecule has 2 rings (SSSR count). The number of carbonyl (C=O) groups excluding carboxylic acids is 2. The number of hydrogen-bond donors (Lipinski definition) is 3. The van der Waals surface area contributed by atoms with E-state index in [-0.39, 0.29) is 5.11 Å². The van der Waals surface area contributed by atoms with Crippen LogP contribution in [0.15, 0.2) is 42.7 Å². The van der Waals surface area contributed by atoms with Crippen LogP contribution >= 0.6 is 34.8 Å². The van der Waals surface area contributed by atoms with E-state index in [9.17, 15) is 9.59 Å². The highest BCUT2D eigenvalue weighted by molar-refractivity contribution is 14.1. The first kappa shape index (κ1) is 18.1. The molecule has 0 fully saturated rings. The minimum absolute atomic E-state index is 0.0202. The SMILES string of the molecule is COc1ccc(C(=O)NC(=S)NNC(=O)c2ccncc2)cc1I. The first-order valence-corrected chi connectivity index (χ1v) is 8.15. The van der Waals surface area contributed by atoms with Gasteiger partial charge in [-0.15, -0.1) is 0 Å². The number of benzene rings is 1. The Balaban J connectivity index is 1.89. The zero-order valence-corrected chi connectivity index (χ0v) is 15.5. The van der Waals surface area contributed by atoms with Crippen molar-refractivity contribution in [3.05, 3.63) is 57.4 Å². The molecule has 7 nitrogen and oxygen atoms in total. The first-order valence-electron chi connectivity index (χ1n) is 6.66. The highest BCUT2D eigenvalue weighted by Crippen LogP contribution is 2.21. The van der Waals surface area contributed by atoms with Crippen LogP contribution in [0.3, 0.4) is 0 Å². The Bertz CT molecular complexity index is 771. The number of pyridine rings is 1. The highest BCUT2D eigenvalue weighted by Gasteiger charge is 2.11. The maximum absolute atomic E-state index is 12.1. The van der Waals surface area contributed by atoms with Crippen molar-refractivity contribution < 1.29 is 14.3 Å². The van der Waals surface area contributed by atoms with Crippen molar-refractivity contribution in [1.82, 2.24) is 21.2 Å². The number of rotatable bonds is 3. The molecule has 0 unspecified atom stereocenters. The summed E-state index contributed by atoms with van der Waals surface area (Å²) in [5.74, 6) is -0.114. The van der Waals surface area contributed by atoms with Crippen LogP contribution in [0.25, 0.3) is 0 Å². The number of ether oxygens (including phenoxy) is 1. The third-order valence-electron chi connectivity index (χ3n) is 2.87. The van der Waals surface area contributed by atoms with E-state index in [0.717, 1.165) is 3.57 Å². The lowest BCUT2D eigenvalue weighted by atomic mass is 10.2. The van der Waals surface area contributed by atoms with Crippen LogP contribution in [-0.2, 0) is 0 Å². The van der Waals surface area contributed by atoms with Gasteiger partial charge in [0.15, 0.2) is 5.11 Å². The van der Waals surface area contributed by atoms with Crippen molar-refractivity contribution in [2.24, 2.45) is 0 Å². The fourth-order valence-electron chi connectivity index (χ4n) is 1.70. The summed E-state index contributed by atoms with van der Waals surface area (Å²) >= 11 is 7.05. The Morgan fingerprint density at radius 3 is 2.42 bits per heavy atom. The van der Waals surface area contributed by atoms with Gasteiger partial charge in [0.25, 0.3) is 11.8 Å². The molecule has 0 bridgehead atoms. The summed E-state index contributed by atoms with van der Waals surface area (Å²) in [7, 11) is 1.56. The van der Waals surface area contributed by atoms with E-state index in [4.69, 9.17) is 17.0 Å². The fraction of sp³-hybridized carbons (Fsp3) is 0.0667. The van der Waals surface area contributed by atoms with Gasteiger partial charge in [-0.2, -0.15) is 0 Å². The molecule has 0 aliphatic heterocycles. The molecular formula is C15H13IN4O3S. The van der Waals surface area contributed by atoms with E-state index < -0.39 is 11.8 Å². The monoisotopic (exact) mass is 456 g/mol. The molecular weight excluding hydrogens is 443 g/mol. The molecule has 0 atom stereocenters. The second-order valence-electron chi connectivity index (χ2n) is 4.45. The second-order valence-corrected chi connectivity index (χ2v) is 6.02. The molecule has 2 amide bonds. The Hall–Kier alpha value is -2.27. The van der Waals surface area contributed by atoms with Crippen LogP contribution in [0.5, 0.6) is 5.75 Å². The molecule has 3 N–H and O–H groups in total. The maximum Gasteiger partial charge on any atom is 0.269 e. The maximum atomic E-state index is 12.1. The molecule has 124 valence electrons. The molecule has 0 saturated carbocycles. The molecule has 9 heteroatoms. The average molecular weight is 456 g/mol. The number of hydrazine groups is 1. The van der Waals surface area contributed by atoms with Gasteiger partial charge in [-0.05, 0) is 65.1 Å². The number of methoxy groups -OCH3 is 1. The van der Waals surface area contributed by atoms with Gasteiger partial charge in [-0.3, -0.25) is 30.7 Å². The molecule has 0 radical (unpaired) electrons. The molecule has 0 saturated heterocycles. The lowest BCUT2D eigenvalue weighted by Crippen LogP contribution is -2.48. The number of aromatic nitrogens is 1. The minimum Gasteiger partial charge on any atom is -0.496 e. The quantitative estimate of drug-likeness (QED) is 0.370. The normalized spacial score (nSPS) is 9.75. The lowest BCUT2D eigenvalue weighted by Gasteiger charge is -2.11. The van der Waals surface area contributed by atoms with Crippen LogP contribution in [-0.4, -0.2) is 29.0 Å². The fourth-order valence-corrected chi connectivity index (χ4v) is 2.58. The summed E-state index contributed by atoms with van der Waals surface area (Å²) in [6.45, 7) is 0. The molecule has 0 spiro atoms. The smallest absolute Gasteiger partial charge is 0.269 e. The van der Waals surface area contributed by atoms with Crippen molar-refractivity contribution >= 4 is 51.7 Å². The zero-order chi connectivity index (χ0) is 17.5. The summed E-state index contributed by atoms with van der Waals surface area (Å²) in [4.78, 5) is 27.8. The highest BCUT2D eigenvalue weighted by atomic mass is 127. The summed E-state index contributed by atoms with van der Waals surface area (Å²) in [6.07, 6.45) is 3.00. The van der Waals surface area contributed by atoms with Gasteiger partial charge in [-0.25, -0.2) is 0 Å². The topological polar surface area (TPSA) is 92.4 Å². The predicted molar refractivity (Wildman–Crippen MR) is 101 cm³/mol. The first-order chi connectivity index (χ1) is 11.5. The van der Waals surface area contributed by atoms with Crippen LogP contribution in [0.1, 0.15) is 20.7 Å². The molecule has 0 aliphatic carbocycles. The van der Waals surface area contributed by atoms with E-state index in [0.29, 0.717) is 16.9 Å². The predicted octanol–water partition coefficient (Wildman–Crippen LogP) is 1.64.